The van der Waals surface area contributed by atoms with Crippen LogP contribution in [0, 0.1) is 0 Å². The van der Waals surface area contributed by atoms with Crippen molar-refractivity contribution in [3.63, 3.8) is 0 Å². The van der Waals surface area contributed by atoms with E-state index in [1.807, 2.05) is 0 Å². The average Bonchev–Trinajstić information content (AvgIpc) is 2.55. The molecular weight excluding hydrogens is 319 g/mol. The second-order valence-corrected chi connectivity index (χ2v) is 6.33. The summed E-state index contributed by atoms with van der Waals surface area (Å²) < 4.78 is 38.5. The van der Waals surface area contributed by atoms with Gasteiger partial charge in [0.1, 0.15) is 6.61 Å². The van der Waals surface area contributed by atoms with Gasteiger partial charge < -0.3 is 23.3 Å². The molecule has 0 aromatic heterocycles. The highest BCUT2D eigenvalue weighted by atomic mass is 31.1. The summed E-state index contributed by atoms with van der Waals surface area (Å²) in [5, 5.41) is 0. The van der Waals surface area contributed by atoms with Gasteiger partial charge in [0.25, 0.3) is 0 Å². The molecule has 0 aliphatic carbocycles. The Morgan fingerprint density at radius 3 is 1.87 bits per heavy atom. The third kappa shape index (κ3) is 16.7. The number of hydrogen-bond acceptors (Lipinski definition) is 6. The van der Waals surface area contributed by atoms with Crippen LogP contribution in [0.1, 0.15) is 59.3 Å². The summed E-state index contributed by atoms with van der Waals surface area (Å²) in [6.45, 7) is 9.08. The Labute approximate surface area is 142 Å². The van der Waals surface area contributed by atoms with Gasteiger partial charge in [-0.05, 0) is 19.3 Å². The van der Waals surface area contributed by atoms with Crippen molar-refractivity contribution in [3.05, 3.63) is 0 Å². The van der Waals surface area contributed by atoms with E-state index in [1.165, 1.54) is 0 Å². The summed E-state index contributed by atoms with van der Waals surface area (Å²) in [5.41, 5.74) is 0. The summed E-state index contributed by atoms with van der Waals surface area (Å²) in [6.07, 6.45) is 5.69. The molecule has 0 aliphatic rings. The summed E-state index contributed by atoms with van der Waals surface area (Å²) >= 11 is 0. The van der Waals surface area contributed by atoms with Gasteiger partial charge in [0.15, 0.2) is 6.29 Å². The molecule has 0 amide bonds. The Bertz CT molecular complexity index is 255. The van der Waals surface area contributed by atoms with Gasteiger partial charge in [0.05, 0.1) is 13.2 Å². The first-order valence-corrected chi connectivity index (χ1v) is 10.1. The Morgan fingerprint density at radius 2 is 1.30 bits per heavy atom. The summed E-state index contributed by atoms with van der Waals surface area (Å²) in [4.78, 5) is 0. The van der Waals surface area contributed by atoms with Gasteiger partial charge in [-0.25, -0.2) is 0 Å². The van der Waals surface area contributed by atoms with E-state index in [1.54, 1.807) is 0 Å². The molecule has 0 aromatic carbocycles. The zero-order valence-electron chi connectivity index (χ0n) is 15.0. The third-order valence-electron chi connectivity index (χ3n) is 3.03. The van der Waals surface area contributed by atoms with Crippen LogP contribution in [0.2, 0.25) is 0 Å². The second kappa shape index (κ2) is 18.4. The largest absolute Gasteiger partial charge is 0.379 e. The van der Waals surface area contributed by atoms with Gasteiger partial charge >= 0.3 is 8.25 Å². The highest BCUT2D eigenvalue weighted by Gasteiger charge is 2.12. The van der Waals surface area contributed by atoms with Gasteiger partial charge in [0.2, 0.25) is 0 Å². The monoisotopic (exact) mass is 354 g/mol. The topological polar surface area (TPSA) is 63.2 Å². The highest BCUT2D eigenvalue weighted by molar-refractivity contribution is 7.33. The van der Waals surface area contributed by atoms with Crippen molar-refractivity contribution in [2.75, 3.05) is 39.6 Å². The molecule has 0 spiro atoms. The van der Waals surface area contributed by atoms with Gasteiger partial charge in [0, 0.05) is 19.8 Å². The minimum absolute atomic E-state index is 0.127. The fourth-order valence-electron chi connectivity index (χ4n) is 1.57. The number of ether oxygens (including phenoxy) is 3. The maximum absolute atomic E-state index is 11.7. The van der Waals surface area contributed by atoms with Crippen LogP contribution in [0.3, 0.4) is 0 Å². The predicted octanol–water partition coefficient (Wildman–Crippen LogP) is 4.19. The van der Waals surface area contributed by atoms with Gasteiger partial charge in [-0.1, -0.05) is 40.0 Å². The smallest absolute Gasteiger partial charge is 0.319 e. The predicted molar refractivity (Wildman–Crippen MR) is 92.1 cm³/mol. The molecule has 23 heavy (non-hydrogen) atoms. The lowest BCUT2D eigenvalue weighted by atomic mass is 10.3. The Kier molecular flexibility index (Phi) is 18.4. The van der Waals surface area contributed by atoms with Crippen molar-refractivity contribution in [2.45, 2.75) is 65.6 Å². The Morgan fingerprint density at radius 1 is 0.739 bits per heavy atom. The average molecular weight is 354 g/mol. The molecule has 6 nitrogen and oxygen atoms in total. The molecule has 0 fully saturated rings. The van der Waals surface area contributed by atoms with Gasteiger partial charge in [-0.15, -0.1) is 0 Å². The van der Waals surface area contributed by atoms with E-state index >= 15 is 0 Å². The van der Waals surface area contributed by atoms with Crippen LogP contribution in [0.4, 0.5) is 0 Å². The SMILES string of the molecule is CCCCOCCO[PH](=O)OCC(OCCCC)OCCCC. The molecule has 0 aromatic rings. The summed E-state index contributed by atoms with van der Waals surface area (Å²) in [5.74, 6) is 0. The lowest BCUT2D eigenvalue weighted by molar-refractivity contribution is -0.159. The molecule has 1 atom stereocenters. The maximum atomic E-state index is 11.7. The first kappa shape index (κ1) is 23.0. The fourth-order valence-corrected chi connectivity index (χ4v) is 2.18. The van der Waals surface area contributed by atoms with Crippen molar-refractivity contribution >= 4 is 8.25 Å². The fraction of sp³-hybridized carbons (Fsp3) is 1.00. The lowest BCUT2D eigenvalue weighted by Gasteiger charge is -2.18. The van der Waals surface area contributed by atoms with Crippen molar-refractivity contribution < 1.29 is 27.8 Å². The van der Waals surface area contributed by atoms with Crippen LogP contribution in [-0.2, 0) is 27.8 Å². The quantitative estimate of drug-likeness (QED) is 0.209. The van der Waals surface area contributed by atoms with Crippen molar-refractivity contribution in [2.24, 2.45) is 0 Å². The van der Waals surface area contributed by atoms with Gasteiger partial charge in [-0.3, -0.25) is 4.57 Å². The van der Waals surface area contributed by atoms with Crippen LogP contribution in [0.5, 0.6) is 0 Å². The molecular formula is C16H35O6P. The minimum Gasteiger partial charge on any atom is -0.379 e. The third-order valence-corrected chi connectivity index (χ3v) is 3.87. The van der Waals surface area contributed by atoms with Crippen LogP contribution in [0.15, 0.2) is 0 Å². The molecule has 0 saturated heterocycles. The van der Waals surface area contributed by atoms with E-state index < -0.39 is 14.5 Å². The highest BCUT2D eigenvalue weighted by Crippen LogP contribution is 2.24. The van der Waals surface area contributed by atoms with Crippen LogP contribution in [0.25, 0.3) is 0 Å². The van der Waals surface area contributed by atoms with Crippen LogP contribution >= 0.6 is 8.25 Å². The first-order chi connectivity index (χ1) is 11.2. The van der Waals surface area contributed by atoms with E-state index in [-0.39, 0.29) is 13.2 Å². The summed E-state index contributed by atoms with van der Waals surface area (Å²) in [7, 11) is -2.53. The Hall–Kier alpha value is 0.0300. The summed E-state index contributed by atoms with van der Waals surface area (Å²) in [6, 6.07) is 0. The number of unbranched alkanes of at least 4 members (excludes halogenated alkanes) is 3. The van der Waals surface area contributed by atoms with E-state index in [4.69, 9.17) is 23.3 Å². The van der Waals surface area contributed by atoms with E-state index in [2.05, 4.69) is 20.8 Å². The second-order valence-electron chi connectivity index (χ2n) is 5.25. The van der Waals surface area contributed by atoms with E-state index in [0.29, 0.717) is 26.4 Å². The molecule has 0 aliphatic heterocycles. The maximum Gasteiger partial charge on any atom is 0.319 e. The first-order valence-electron chi connectivity index (χ1n) is 8.85. The zero-order chi connectivity index (χ0) is 17.2. The van der Waals surface area contributed by atoms with E-state index in [9.17, 15) is 4.57 Å². The molecule has 0 bridgehead atoms. The molecule has 0 rings (SSSR count). The molecule has 0 saturated carbocycles. The molecule has 0 radical (unpaired) electrons. The standard InChI is InChI=1S/C16H35O6P/c1-4-7-10-18-13-14-21-23(17)22-15-16(19-11-8-5-2)20-12-9-6-3/h16,23H,4-15H2,1-3H3. The van der Waals surface area contributed by atoms with Gasteiger partial charge in [-0.2, -0.15) is 0 Å². The number of hydrogen-bond donors (Lipinski definition) is 0. The lowest BCUT2D eigenvalue weighted by Crippen LogP contribution is -2.23. The normalized spacial score (nSPS) is 12.9. The van der Waals surface area contributed by atoms with Crippen molar-refractivity contribution in [3.8, 4) is 0 Å². The van der Waals surface area contributed by atoms with Crippen molar-refractivity contribution in [1.82, 2.24) is 0 Å². The molecule has 1 unspecified atom stereocenters. The van der Waals surface area contributed by atoms with E-state index in [0.717, 1.165) is 38.5 Å². The Balaban J connectivity index is 3.76. The molecule has 140 valence electrons. The zero-order valence-corrected chi connectivity index (χ0v) is 16.0. The molecule has 0 N–H and O–H groups in total. The van der Waals surface area contributed by atoms with Crippen LogP contribution in [-0.4, -0.2) is 45.9 Å². The van der Waals surface area contributed by atoms with Crippen LogP contribution < -0.4 is 0 Å². The van der Waals surface area contributed by atoms with Crippen molar-refractivity contribution in [1.29, 1.82) is 0 Å². The molecule has 0 heterocycles. The molecule has 7 heteroatoms. The minimum atomic E-state index is -2.53. The number of rotatable bonds is 18.